The molecule has 0 saturated heterocycles. The van der Waals surface area contributed by atoms with E-state index in [0.717, 1.165) is 33.8 Å². The molecule has 0 amide bonds. The van der Waals surface area contributed by atoms with Crippen molar-refractivity contribution in [1.29, 1.82) is 0 Å². The molecule has 3 heterocycles. The lowest BCUT2D eigenvalue weighted by molar-refractivity contribution is 1.16. The van der Waals surface area contributed by atoms with Crippen LogP contribution in [0.5, 0.6) is 0 Å². The summed E-state index contributed by atoms with van der Waals surface area (Å²) in [4.78, 5) is 10.4. The van der Waals surface area contributed by atoms with Crippen LogP contribution in [-0.4, -0.2) is 14.5 Å². The standard InChI is InChI=1S/C46H29N3S/c1-3-12-30(13-4-1)32-22-24-37-36-18-7-9-20-42(36)49(43(37)27-32)35-17-11-16-34(26-35)46-47-40(31-14-5-2-6-15-31)29-41(48-46)33-23-25-39-38-19-8-10-21-44(38)50-45(39)28-33/h1-29H. The third-order valence-electron chi connectivity index (χ3n) is 9.61. The maximum Gasteiger partial charge on any atom is 0.160 e. The molecule has 0 aliphatic heterocycles. The van der Waals surface area contributed by atoms with E-state index in [2.05, 4.69) is 174 Å². The van der Waals surface area contributed by atoms with Gasteiger partial charge in [0.2, 0.25) is 0 Å². The number of para-hydroxylation sites is 1. The highest BCUT2D eigenvalue weighted by molar-refractivity contribution is 7.25. The maximum absolute atomic E-state index is 5.25. The average Bonchev–Trinajstić information content (AvgIpc) is 3.73. The second kappa shape index (κ2) is 11.7. The fourth-order valence-electron chi connectivity index (χ4n) is 7.21. The Balaban J connectivity index is 1.15. The number of fused-ring (bicyclic) bond motifs is 6. The molecule has 0 aliphatic rings. The summed E-state index contributed by atoms with van der Waals surface area (Å²) in [5.74, 6) is 0.699. The summed E-state index contributed by atoms with van der Waals surface area (Å²) >= 11 is 1.83. The molecule has 0 bridgehead atoms. The molecule has 3 aromatic heterocycles. The van der Waals surface area contributed by atoms with Crippen molar-refractivity contribution in [2.24, 2.45) is 0 Å². The number of hydrogen-bond donors (Lipinski definition) is 0. The van der Waals surface area contributed by atoms with Crippen LogP contribution in [0.25, 0.3) is 92.7 Å². The minimum absolute atomic E-state index is 0.699. The molecule has 0 N–H and O–H groups in total. The van der Waals surface area contributed by atoms with Crippen molar-refractivity contribution >= 4 is 53.3 Å². The normalized spacial score (nSPS) is 11.6. The monoisotopic (exact) mass is 655 g/mol. The van der Waals surface area contributed by atoms with Crippen molar-refractivity contribution in [2.75, 3.05) is 0 Å². The number of thiophene rings is 1. The van der Waals surface area contributed by atoms with E-state index in [9.17, 15) is 0 Å². The third kappa shape index (κ3) is 4.80. The third-order valence-corrected chi connectivity index (χ3v) is 10.7. The van der Waals surface area contributed by atoms with Crippen molar-refractivity contribution in [3.05, 3.63) is 176 Å². The van der Waals surface area contributed by atoms with Gasteiger partial charge in [-0.05, 0) is 53.6 Å². The Hall–Kier alpha value is -6.36. The molecule has 0 radical (unpaired) electrons. The molecule has 234 valence electrons. The lowest BCUT2D eigenvalue weighted by Crippen LogP contribution is -1.98. The van der Waals surface area contributed by atoms with E-state index in [1.54, 1.807) is 0 Å². The molecule has 50 heavy (non-hydrogen) atoms. The SMILES string of the molecule is c1ccc(-c2ccc3c4ccccc4n(-c4cccc(-c5nc(-c6ccccc6)cc(-c6ccc7c(c6)sc6ccccc67)n5)c4)c3c2)cc1. The molecule has 0 unspecified atom stereocenters. The topological polar surface area (TPSA) is 30.7 Å². The van der Waals surface area contributed by atoms with Crippen molar-refractivity contribution in [3.8, 4) is 50.7 Å². The number of hydrogen-bond acceptors (Lipinski definition) is 3. The van der Waals surface area contributed by atoms with Gasteiger partial charge in [0.1, 0.15) is 0 Å². The van der Waals surface area contributed by atoms with Crippen LogP contribution in [0.1, 0.15) is 0 Å². The number of benzene rings is 7. The lowest BCUT2D eigenvalue weighted by Gasteiger charge is -2.12. The van der Waals surface area contributed by atoms with Gasteiger partial charge in [0.05, 0.1) is 22.4 Å². The predicted octanol–water partition coefficient (Wildman–Crippen LogP) is 12.6. The molecule has 0 fully saturated rings. The Bertz CT molecular complexity index is 2870. The van der Waals surface area contributed by atoms with E-state index in [1.807, 2.05) is 17.4 Å². The van der Waals surface area contributed by atoms with Gasteiger partial charge in [0, 0.05) is 53.3 Å². The molecule has 10 aromatic rings. The smallest absolute Gasteiger partial charge is 0.160 e. The minimum atomic E-state index is 0.699. The quantitative estimate of drug-likeness (QED) is 0.185. The molecule has 4 heteroatoms. The van der Waals surface area contributed by atoms with Gasteiger partial charge < -0.3 is 4.57 Å². The summed E-state index contributed by atoms with van der Waals surface area (Å²) in [6.45, 7) is 0. The number of nitrogens with zero attached hydrogens (tertiary/aromatic N) is 3. The molecule has 3 nitrogen and oxygen atoms in total. The van der Waals surface area contributed by atoms with Gasteiger partial charge in [0.25, 0.3) is 0 Å². The number of aromatic nitrogens is 3. The van der Waals surface area contributed by atoms with Crippen LogP contribution in [-0.2, 0) is 0 Å². The van der Waals surface area contributed by atoms with Crippen molar-refractivity contribution in [1.82, 2.24) is 14.5 Å². The fourth-order valence-corrected chi connectivity index (χ4v) is 8.35. The first-order valence-electron chi connectivity index (χ1n) is 16.8. The van der Waals surface area contributed by atoms with Gasteiger partial charge in [-0.1, -0.05) is 133 Å². The van der Waals surface area contributed by atoms with Gasteiger partial charge in [-0.3, -0.25) is 0 Å². The van der Waals surface area contributed by atoms with Crippen LogP contribution in [0.15, 0.2) is 176 Å². The fraction of sp³-hybridized carbons (Fsp3) is 0. The molecule has 7 aromatic carbocycles. The van der Waals surface area contributed by atoms with Gasteiger partial charge >= 0.3 is 0 Å². The second-order valence-corrected chi connectivity index (χ2v) is 13.7. The Labute approximate surface area is 293 Å². The van der Waals surface area contributed by atoms with E-state index < -0.39 is 0 Å². The minimum Gasteiger partial charge on any atom is -0.309 e. The molecule has 10 rings (SSSR count). The number of rotatable bonds is 5. The Morgan fingerprint density at radius 3 is 1.82 bits per heavy atom. The van der Waals surface area contributed by atoms with Crippen LogP contribution in [0.3, 0.4) is 0 Å². The first-order chi connectivity index (χ1) is 24.8. The average molecular weight is 656 g/mol. The lowest BCUT2D eigenvalue weighted by atomic mass is 10.0. The second-order valence-electron chi connectivity index (χ2n) is 12.6. The highest BCUT2D eigenvalue weighted by atomic mass is 32.1. The van der Waals surface area contributed by atoms with Gasteiger partial charge in [-0.15, -0.1) is 11.3 Å². The maximum atomic E-state index is 5.25. The zero-order valence-corrected chi connectivity index (χ0v) is 27.8. The Morgan fingerprint density at radius 2 is 0.980 bits per heavy atom. The van der Waals surface area contributed by atoms with Crippen molar-refractivity contribution < 1.29 is 0 Å². The summed E-state index contributed by atoms with van der Waals surface area (Å²) in [6, 6.07) is 62.5. The molecule has 0 aliphatic carbocycles. The predicted molar refractivity (Wildman–Crippen MR) is 211 cm³/mol. The summed E-state index contributed by atoms with van der Waals surface area (Å²) < 4.78 is 4.93. The van der Waals surface area contributed by atoms with E-state index in [4.69, 9.17) is 9.97 Å². The van der Waals surface area contributed by atoms with E-state index in [-0.39, 0.29) is 0 Å². The van der Waals surface area contributed by atoms with E-state index in [1.165, 1.54) is 53.1 Å². The molecule has 0 saturated carbocycles. The highest BCUT2D eigenvalue weighted by Crippen LogP contribution is 2.38. The molecule has 0 atom stereocenters. The van der Waals surface area contributed by atoms with Crippen LogP contribution in [0.4, 0.5) is 0 Å². The van der Waals surface area contributed by atoms with E-state index in [0.29, 0.717) is 5.82 Å². The van der Waals surface area contributed by atoms with Crippen LogP contribution in [0.2, 0.25) is 0 Å². The highest BCUT2D eigenvalue weighted by Gasteiger charge is 2.16. The first-order valence-corrected chi connectivity index (χ1v) is 17.6. The van der Waals surface area contributed by atoms with Crippen LogP contribution in [0, 0.1) is 0 Å². The largest absolute Gasteiger partial charge is 0.309 e. The molecular formula is C46H29N3S. The van der Waals surface area contributed by atoms with Gasteiger partial charge in [-0.25, -0.2) is 9.97 Å². The summed E-state index contributed by atoms with van der Waals surface area (Å²) in [7, 11) is 0. The summed E-state index contributed by atoms with van der Waals surface area (Å²) in [6.07, 6.45) is 0. The first kappa shape index (κ1) is 28.6. The summed E-state index contributed by atoms with van der Waals surface area (Å²) in [5, 5.41) is 5.03. The van der Waals surface area contributed by atoms with Crippen LogP contribution >= 0.6 is 11.3 Å². The van der Waals surface area contributed by atoms with Gasteiger partial charge in [0.15, 0.2) is 5.82 Å². The van der Waals surface area contributed by atoms with E-state index >= 15 is 0 Å². The van der Waals surface area contributed by atoms with Gasteiger partial charge in [-0.2, -0.15) is 0 Å². The Kier molecular flexibility index (Phi) is 6.68. The van der Waals surface area contributed by atoms with Crippen molar-refractivity contribution in [2.45, 2.75) is 0 Å². The zero-order chi connectivity index (χ0) is 33.0. The Morgan fingerprint density at radius 1 is 0.360 bits per heavy atom. The van der Waals surface area contributed by atoms with Crippen LogP contribution < -0.4 is 0 Å². The summed E-state index contributed by atoms with van der Waals surface area (Å²) in [5.41, 5.74) is 10.7. The molecule has 0 spiro atoms. The molecular weight excluding hydrogens is 627 g/mol. The zero-order valence-electron chi connectivity index (χ0n) is 27.0. The van der Waals surface area contributed by atoms with Crippen molar-refractivity contribution in [3.63, 3.8) is 0 Å².